The summed E-state index contributed by atoms with van der Waals surface area (Å²) in [5.74, 6) is 0.600. The van der Waals surface area contributed by atoms with Gasteiger partial charge in [-0.3, -0.25) is 14.9 Å². The van der Waals surface area contributed by atoms with Crippen molar-refractivity contribution in [3.63, 3.8) is 0 Å². The van der Waals surface area contributed by atoms with Gasteiger partial charge in [-0.25, -0.2) is 0 Å². The maximum absolute atomic E-state index is 11.6. The third-order valence-electron chi connectivity index (χ3n) is 2.92. The van der Waals surface area contributed by atoms with E-state index in [1.807, 2.05) is 0 Å². The van der Waals surface area contributed by atoms with Crippen molar-refractivity contribution >= 4 is 11.8 Å². The molecule has 2 aliphatic rings. The van der Waals surface area contributed by atoms with E-state index < -0.39 is 0 Å². The zero-order valence-electron chi connectivity index (χ0n) is 9.83. The van der Waals surface area contributed by atoms with Crippen molar-refractivity contribution in [2.75, 3.05) is 32.8 Å². The van der Waals surface area contributed by atoms with Gasteiger partial charge in [-0.15, -0.1) is 0 Å². The van der Waals surface area contributed by atoms with Gasteiger partial charge in [0, 0.05) is 19.7 Å². The van der Waals surface area contributed by atoms with Crippen LogP contribution in [-0.2, 0) is 14.3 Å². The van der Waals surface area contributed by atoms with Crippen LogP contribution in [0.25, 0.3) is 0 Å². The molecule has 0 spiro atoms. The number of rotatable bonds is 6. The fourth-order valence-corrected chi connectivity index (χ4v) is 1.66. The second-order valence-electron chi connectivity index (χ2n) is 4.55. The highest BCUT2D eigenvalue weighted by Gasteiger charge is 2.23. The smallest absolute Gasteiger partial charge is 0.239 e. The highest BCUT2D eigenvalue weighted by atomic mass is 16.5. The summed E-state index contributed by atoms with van der Waals surface area (Å²) in [7, 11) is 0. The maximum atomic E-state index is 11.6. The van der Waals surface area contributed by atoms with Crippen molar-refractivity contribution in [1.82, 2.24) is 16.0 Å². The molecule has 0 aromatic carbocycles. The highest BCUT2D eigenvalue weighted by molar-refractivity contribution is 5.86. The first-order chi connectivity index (χ1) is 8.25. The van der Waals surface area contributed by atoms with E-state index in [1.165, 1.54) is 12.8 Å². The van der Waals surface area contributed by atoms with Gasteiger partial charge in [-0.1, -0.05) is 0 Å². The number of amides is 2. The van der Waals surface area contributed by atoms with Crippen LogP contribution < -0.4 is 16.0 Å². The van der Waals surface area contributed by atoms with Gasteiger partial charge >= 0.3 is 0 Å². The quantitative estimate of drug-likeness (QED) is 0.501. The number of carbonyl (C=O) groups excluding carboxylic acids is 2. The molecule has 1 aliphatic heterocycles. The molecule has 0 aromatic heterocycles. The van der Waals surface area contributed by atoms with Gasteiger partial charge in [0.2, 0.25) is 11.8 Å². The Labute approximate surface area is 100 Å². The van der Waals surface area contributed by atoms with E-state index in [2.05, 4.69) is 16.0 Å². The summed E-state index contributed by atoms with van der Waals surface area (Å²) >= 11 is 0. The Bertz CT molecular complexity index is 282. The van der Waals surface area contributed by atoms with E-state index in [9.17, 15) is 9.59 Å². The number of piperazine rings is 1. The summed E-state index contributed by atoms with van der Waals surface area (Å²) in [6.45, 7) is 2.45. The second kappa shape index (κ2) is 5.97. The molecule has 1 unspecified atom stereocenters. The number of hydrogen-bond donors (Lipinski definition) is 3. The molecule has 1 heterocycles. The van der Waals surface area contributed by atoms with Crippen LogP contribution in [0.2, 0.25) is 0 Å². The van der Waals surface area contributed by atoms with E-state index >= 15 is 0 Å². The third-order valence-corrected chi connectivity index (χ3v) is 2.92. The Balaban J connectivity index is 1.52. The van der Waals surface area contributed by atoms with Gasteiger partial charge in [0.05, 0.1) is 13.2 Å². The molecule has 1 saturated heterocycles. The Morgan fingerprint density at radius 2 is 2.29 bits per heavy atom. The minimum atomic E-state index is -0.323. The zero-order chi connectivity index (χ0) is 12.1. The van der Waals surface area contributed by atoms with Crippen molar-refractivity contribution in [3.05, 3.63) is 0 Å². The molecule has 3 N–H and O–H groups in total. The standard InChI is InChI=1S/C11H19N3O3/c15-10-6-13-9(5-14-10)11(16)12-3-4-17-7-8-1-2-8/h8-9,13H,1-7H2,(H,12,16)(H,14,15). The van der Waals surface area contributed by atoms with Gasteiger partial charge in [0.15, 0.2) is 0 Å². The average Bonchev–Trinajstić information content (AvgIpc) is 3.13. The normalized spacial score (nSPS) is 24.2. The Kier molecular flexibility index (Phi) is 4.33. The van der Waals surface area contributed by atoms with Crippen molar-refractivity contribution in [1.29, 1.82) is 0 Å². The monoisotopic (exact) mass is 241 g/mol. The molecule has 1 aliphatic carbocycles. The van der Waals surface area contributed by atoms with Gasteiger partial charge in [0.25, 0.3) is 0 Å². The summed E-state index contributed by atoms with van der Waals surface area (Å²) in [5, 5.41) is 8.30. The lowest BCUT2D eigenvalue weighted by Gasteiger charge is -2.23. The lowest BCUT2D eigenvalue weighted by Crippen LogP contribution is -2.58. The summed E-state index contributed by atoms with van der Waals surface area (Å²) in [6.07, 6.45) is 2.55. The van der Waals surface area contributed by atoms with Crippen LogP contribution in [0.5, 0.6) is 0 Å². The van der Waals surface area contributed by atoms with Crippen LogP contribution in [0.1, 0.15) is 12.8 Å². The van der Waals surface area contributed by atoms with Gasteiger partial charge < -0.3 is 15.4 Å². The summed E-state index contributed by atoms with van der Waals surface area (Å²) in [4.78, 5) is 22.5. The SMILES string of the molecule is O=C1CNC(C(=O)NCCOCC2CC2)CN1. The minimum absolute atomic E-state index is 0.0678. The molecular formula is C11H19N3O3. The van der Waals surface area contributed by atoms with E-state index in [1.54, 1.807) is 0 Å². The van der Waals surface area contributed by atoms with Gasteiger partial charge in [0.1, 0.15) is 6.04 Å². The van der Waals surface area contributed by atoms with Crippen LogP contribution in [0.4, 0.5) is 0 Å². The van der Waals surface area contributed by atoms with Crippen LogP contribution in [0.3, 0.4) is 0 Å². The number of hydrogen-bond acceptors (Lipinski definition) is 4. The summed E-state index contributed by atoms with van der Waals surface area (Å²) in [6, 6.07) is -0.323. The zero-order valence-corrected chi connectivity index (χ0v) is 9.83. The first-order valence-corrected chi connectivity index (χ1v) is 6.11. The molecule has 0 bridgehead atoms. The van der Waals surface area contributed by atoms with Crippen LogP contribution in [0, 0.1) is 5.92 Å². The van der Waals surface area contributed by atoms with E-state index in [0.717, 1.165) is 12.5 Å². The molecule has 1 saturated carbocycles. The van der Waals surface area contributed by atoms with Crippen LogP contribution >= 0.6 is 0 Å². The number of nitrogens with one attached hydrogen (secondary N) is 3. The fraction of sp³-hybridized carbons (Fsp3) is 0.818. The Morgan fingerprint density at radius 3 is 2.94 bits per heavy atom. The van der Waals surface area contributed by atoms with Gasteiger partial charge in [-0.2, -0.15) is 0 Å². The molecule has 0 aromatic rings. The first-order valence-electron chi connectivity index (χ1n) is 6.11. The predicted octanol–water partition coefficient (Wildman–Crippen LogP) is -1.38. The Morgan fingerprint density at radius 1 is 1.47 bits per heavy atom. The fourth-order valence-electron chi connectivity index (χ4n) is 1.66. The van der Waals surface area contributed by atoms with Crippen molar-refractivity contribution in [2.45, 2.75) is 18.9 Å². The molecule has 2 fully saturated rings. The van der Waals surface area contributed by atoms with E-state index in [0.29, 0.717) is 19.7 Å². The molecule has 1 atom stereocenters. The average molecular weight is 241 g/mol. The third kappa shape index (κ3) is 4.32. The lowest BCUT2D eigenvalue weighted by atomic mass is 10.2. The Hall–Kier alpha value is -1.14. The van der Waals surface area contributed by atoms with Crippen LogP contribution in [-0.4, -0.2) is 50.7 Å². The van der Waals surface area contributed by atoms with Crippen LogP contribution in [0.15, 0.2) is 0 Å². The molecular weight excluding hydrogens is 222 g/mol. The van der Waals surface area contributed by atoms with E-state index in [-0.39, 0.29) is 24.4 Å². The lowest BCUT2D eigenvalue weighted by molar-refractivity contribution is -0.126. The first kappa shape index (κ1) is 12.3. The number of ether oxygens (including phenoxy) is 1. The summed E-state index contributed by atoms with van der Waals surface area (Å²) in [5.41, 5.74) is 0. The summed E-state index contributed by atoms with van der Waals surface area (Å²) < 4.78 is 5.41. The molecule has 6 nitrogen and oxygen atoms in total. The maximum Gasteiger partial charge on any atom is 0.239 e. The predicted molar refractivity (Wildman–Crippen MR) is 61.4 cm³/mol. The highest BCUT2D eigenvalue weighted by Crippen LogP contribution is 2.28. The molecule has 17 heavy (non-hydrogen) atoms. The van der Waals surface area contributed by atoms with Gasteiger partial charge in [-0.05, 0) is 18.8 Å². The largest absolute Gasteiger partial charge is 0.379 e. The second-order valence-corrected chi connectivity index (χ2v) is 4.55. The molecule has 0 radical (unpaired) electrons. The minimum Gasteiger partial charge on any atom is -0.379 e. The van der Waals surface area contributed by atoms with Crippen molar-refractivity contribution in [2.24, 2.45) is 5.92 Å². The van der Waals surface area contributed by atoms with Crippen molar-refractivity contribution < 1.29 is 14.3 Å². The molecule has 2 rings (SSSR count). The van der Waals surface area contributed by atoms with E-state index in [4.69, 9.17) is 4.74 Å². The topological polar surface area (TPSA) is 79.5 Å². The molecule has 96 valence electrons. The molecule has 6 heteroatoms. The molecule has 2 amide bonds. The number of carbonyl (C=O) groups is 2. The van der Waals surface area contributed by atoms with Crippen molar-refractivity contribution in [3.8, 4) is 0 Å².